The highest BCUT2D eigenvalue weighted by molar-refractivity contribution is 7.80. The van der Waals surface area contributed by atoms with Crippen molar-refractivity contribution >= 4 is 24.4 Å². The number of hydrogen-bond donors (Lipinski definition) is 2. The van der Waals surface area contributed by atoms with E-state index in [0.29, 0.717) is 23.0 Å². The van der Waals surface area contributed by atoms with E-state index < -0.39 is 0 Å². The smallest absolute Gasteiger partial charge is 0.213 e. The van der Waals surface area contributed by atoms with Crippen LogP contribution in [0.25, 0.3) is 6.08 Å². The molecule has 1 aromatic heterocycles. The minimum atomic E-state index is 0.563. The maximum Gasteiger partial charge on any atom is 0.213 e. The molecule has 0 unspecified atom stereocenters. The minimum Gasteiger partial charge on any atom is -0.481 e. The number of pyridine rings is 1. The quantitative estimate of drug-likeness (QED) is 0.722. The molecule has 0 aliphatic carbocycles. The van der Waals surface area contributed by atoms with Crippen molar-refractivity contribution in [3.05, 3.63) is 23.9 Å². The van der Waals surface area contributed by atoms with E-state index in [1.807, 2.05) is 12.2 Å². The fraction of sp³-hybridized carbons (Fsp3) is 0.222. The molecule has 1 heterocycles. The number of nitrogens with two attached hydrogens (primary N) is 1. The van der Waals surface area contributed by atoms with Crippen LogP contribution in [-0.4, -0.2) is 17.8 Å². The van der Waals surface area contributed by atoms with Gasteiger partial charge in [-0.25, -0.2) is 4.98 Å². The summed E-state index contributed by atoms with van der Waals surface area (Å²) in [4.78, 5) is 4.16. The van der Waals surface area contributed by atoms with Crippen LogP contribution < -0.4 is 10.5 Å². The molecular formula is C9H12N2OS. The van der Waals surface area contributed by atoms with Gasteiger partial charge in [0.05, 0.1) is 18.5 Å². The molecule has 0 aliphatic heterocycles. The van der Waals surface area contributed by atoms with Crippen LogP contribution in [0.15, 0.2) is 18.2 Å². The number of thiol groups is 1. The molecule has 13 heavy (non-hydrogen) atoms. The summed E-state index contributed by atoms with van der Waals surface area (Å²) in [7, 11) is 1.57. The number of nitrogens with zero attached hydrogens (tertiary/aromatic N) is 1. The van der Waals surface area contributed by atoms with E-state index in [1.165, 1.54) is 0 Å². The summed E-state index contributed by atoms with van der Waals surface area (Å²) < 4.78 is 4.97. The van der Waals surface area contributed by atoms with Crippen molar-refractivity contribution in [3.63, 3.8) is 0 Å². The summed E-state index contributed by atoms with van der Waals surface area (Å²) in [5.41, 5.74) is 7.04. The second-order valence-corrected chi connectivity index (χ2v) is 2.78. The minimum absolute atomic E-state index is 0.563. The lowest BCUT2D eigenvalue weighted by molar-refractivity contribution is 0.398. The van der Waals surface area contributed by atoms with Crippen LogP contribution in [0, 0.1) is 0 Å². The Bertz CT molecular complexity index is 312. The van der Waals surface area contributed by atoms with Gasteiger partial charge in [0.1, 0.15) is 0 Å². The van der Waals surface area contributed by atoms with Gasteiger partial charge in [0.2, 0.25) is 5.88 Å². The van der Waals surface area contributed by atoms with E-state index in [2.05, 4.69) is 17.6 Å². The van der Waals surface area contributed by atoms with E-state index in [9.17, 15) is 0 Å². The summed E-state index contributed by atoms with van der Waals surface area (Å²) in [6, 6.07) is 3.50. The molecule has 1 aromatic rings. The maximum absolute atomic E-state index is 5.69. The van der Waals surface area contributed by atoms with Crippen LogP contribution >= 0.6 is 12.6 Å². The fourth-order valence-electron chi connectivity index (χ4n) is 0.878. The number of methoxy groups -OCH3 is 1. The van der Waals surface area contributed by atoms with Crippen molar-refractivity contribution in [1.82, 2.24) is 4.98 Å². The average molecular weight is 196 g/mol. The topological polar surface area (TPSA) is 48.1 Å². The first-order valence-electron chi connectivity index (χ1n) is 3.86. The van der Waals surface area contributed by atoms with Crippen molar-refractivity contribution in [2.75, 3.05) is 18.6 Å². The predicted molar refractivity (Wildman–Crippen MR) is 58.1 cm³/mol. The molecule has 0 fully saturated rings. The highest BCUT2D eigenvalue weighted by Crippen LogP contribution is 2.15. The lowest BCUT2D eigenvalue weighted by Crippen LogP contribution is -1.95. The second kappa shape index (κ2) is 4.77. The molecule has 0 aromatic carbocycles. The van der Waals surface area contributed by atoms with Gasteiger partial charge >= 0.3 is 0 Å². The van der Waals surface area contributed by atoms with Gasteiger partial charge in [0, 0.05) is 11.8 Å². The summed E-state index contributed by atoms with van der Waals surface area (Å²) >= 11 is 4.05. The Morgan fingerprint density at radius 3 is 3.00 bits per heavy atom. The summed E-state index contributed by atoms with van der Waals surface area (Å²) in [5.74, 6) is 1.23. The molecule has 70 valence electrons. The van der Waals surface area contributed by atoms with Crippen LogP contribution in [0.2, 0.25) is 0 Å². The van der Waals surface area contributed by atoms with Crippen LogP contribution in [-0.2, 0) is 0 Å². The lowest BCUT2D eigenvalue weighted by atomic mass is 10.3. The summed E-state index contributed by atoms with van der Waals surface area (Å²) in [5, 5.41) is 0. The van der Waals surface area contributed by atoms with Crippen LogP contribution in [0.4, 0.5) is 5.69 Å². The zero-order valence-electron chi connectivity index (χ0n) is 7.40. The Kier molecular flexibility index (Phi) is 3.64. The molecule has 0 spiro atoms. The molecule has 2 N–H and O–H groups in total. The SMILES string of the molecule is COc1ccc(N)c(C=CCS)n1. The standard InChI is InChI=1S/C9H12N2OS/c1-12-9-5-4-7(10)8(11-9)3-2-6-13/h2-5,13H,6,10H2,1H3. The van der Waals surface area contributed by atoms with Crippen molar-refractivity contribution in [2.24, 2.45) is 0 Å². The number of aromatic nitrogens is 1. The zero-order chi connectivity index (χ0) is 9.68. The van der Waals surface area contributed by atoms with Crippen LogP contribution in [0.3, 0.4) is 0 Å². The Balaban J connectivity index is 2.97. The van der Waals surface area contributed by atoms with E-state index in [1.54, 1.807) is 19.2 Å². The molecular weight excluding hydrogens is 184 g/mol. The zero-order valence-corrected chi connectivity index (χ0v) is 8.29. The Morgan fingerprint density at radius 2 is 2.38 bits per heavy atom. The maximum atomic E-state index is 5.69. The number of ether oxygens (including phenoxy) is 1. The van der Waals surface area contributed by atoms with E-state index >= 15 is 0 Å². The van der Waals surface area contributed by atoms with Gasteiger partial charge in [0.25, 0.3) is 0 Å². The van der Waals surface area contributed by atoms with E-state index in [-0.39, 0.29) is 0 Å². The first-order chi connectivity index (χ1) is 6.27. The predicted octanol–water partition coefficient (Wildman–Crippen LogP) is 1.62. The highest BCUT2D eigenvalue weighted by Gasteiger charge is 1.98. The van der Waals surface area contributed by atoms with Gasteiger partial charge < -0.3 is 10.5 Å². The lowest BCUT2D eigenvalue weighted by Gasteiger charge is -2.02. The highest BCUT2D eigenvalue weighted by atomic mass is 32.1. The number of anilines is 1. The number of rotatable bonds is 3. The van der Waals surface area contributed by atoms with Gasteiger partial charge in [0.15, 0.2) is 0 Å². The van der Waals surface area contributed by atoms with Gasteiger partial charge in [-0.2, -0.15) is 12.6 Å². The van der Waals surface area contributed by atoms with Gasteiger partial charge in [-0.05, 0) is 12.1 Å². The van der Waals surface area contributed by atoms with Gasteiger partial charge in [-0.15, -0.1) is 0 Å². The summed E-state index contributed by atoms with van der Waals surface area (Å²) in [6.45, 7) is 0. The first kappa shape index (κ1) is 9.92. The molecule has 3 nitrogen and oxygen atoms in total. The largest absolute Gasteiger partial charge is 0.481 e. The fourth-order valence-corrected chi connectivity index (χ4v) is 0.984. The Hall–Kier alpha value is -1.16. The third-order valence-corrected chi connectivity index (χ3v) is 1.73. The van der Waals surface area contributed by atoms with Crippen molar-refractivity contribution in [1.29, 1.82) is 0 Å². The normalized spacial score (nSPS) is 10.6. The van der Waals surface area contributed by atoms with Crippen molar-refractivity contribution in [2.45, 2.75) is 0 Å². The van der Waals surface area contributed by atoms with E-state index in [0.717, 1.165) is 0 Å². The molecule has 1 rings (SSSR count). The van der Waals surface area contributed by atoms with Crippen LogP contribution in [0.1, 0.15) is 5.69 Å². The second-order valence-electron chi connectivity index (χ2n) is 2.41. The third kappa shape index (κ3) is 2.66. The van der Waals surface area contributed by atoms with Gasteiger partial charge in [-0.1, -0.05) is 6.08 Å². The molecule has 0 atom stereocenters. The number of hydrogen-bond acceptors (Lipinski definition) is 4. The third-order valence-electron chi connectivity index (χ3n) is 1.52. The molecule has 0 radical (unpaired) electrons. The molecule has 0 saturated carbocycles. The Labute approximate surface area is 83.0 Å². The number of nitrogen functional groups attached to an aromatic ring is 1. The average Bonchev–Trinajstić information content (AvgIpc) is 2.17. The van der Waals surface area contributed by atoms with Crippen molar-refractivity contribution in [3.8, 4) is 5.88 Å². The molecule has 0 bridgehead atoms. The molecule has 0 amide bonds. The Morgan fingerprint density at radius 1 is 1.62 bits per heavy atom. The monoisotopic (exact) mass is 196 g/mol. The van der Waals surface area contributed by atoms with Gasteiger partial charge in [-0.3, -0.25) is 0 Å². The summed E-state index contributed by atoms with van der Waals surface area (Å²) in [6.07, 6.45) is 3.70. The first-order valence-corrected chi connectivity index (χ1v) is 4.49. The van der Waals surface area contributed by atoms with Crippen molar-refractivity contribution < 1.29 is 4.74 Å². The molecule has 4 heteroatoms. The molecule has 0 saturated heterocycles. The van der Waals surface area contributed by atoms with E-state index in [4.69, 9.17) is 10.5 Å². The molecule has 0 aliphatic rings. The van der Waals surface area contributed by atoms with Crippen LogP contribution in [0.5, 0.6) is 5.88 Å².